The molecule has 0 aliphatic carbocycles. The van der Waals surface area contributed by atoms with Crippen LogP contribution in [0, 0.1) is 0 Å². The molecule has 0 saturated carbocycles. The zero-order valence-electron chi connectivity index (χ0n) is 27.7. The first kappa shape index (κ1) is 79.3. The first-order valence-corrected chi connectivity index (χ1v) is 12.7. The fourth-order valence-electron chi connectivity index (χ4n) is 1.24. The summed E-state index contributed by atoms with van der Waals surface area (Å²) in [6.07, 6.45) is 1.97. The molecule has 0 unspecified atom stereocenters. The normalized spacial score (nSPS) is 6.85. The van der Waals surface area contributed by atoms with Crippen LogP contribution in [0.15, 0.2) is 0 Å². The van der Waals surface area contributed by atoms with Crippen molar-refractivity contribution < 1.29 is 58.1 Å². The molecule has 0 bridgehead atoms. The van der Waals surface area contributed by atoms with Gasteiger partial charge in [0.2, 0.25) is 17.7 Å². The van der Waals surface area contributed by atoms with Gasteiger partial charge in [0.05, 0.1) is 13.7 Å². The molecule has 0 rings (SSSR count). The van der Waals surface area contributed by atoms with Gasteiger partial charge in [0.1, 0.15) is 17.3 Å². The van der Waals surface area contributed by atoms with Crippen molar-refractivity contribution >= 4 is 53.5 Å². The van der Waals surface area contributed by atoms with Crippen LogP contribution in [0.1, 0.15) is 95.9 Å². The minimum atomic E-state index is -0.968. The van der Waals surface area contributed by atoms with Crippen molar-refractivity contribution in [3.05, 3.63) is 0 Å². The largest absolute Gasteiger partial charge is 0.481 e. The van der Waals surface area contributed by atoms with Gasteiger partial charge in [0, 0.05) is 66.6 Å². The first-order chi connectivity index (χ1) is 20.4. The van der Waals surface area contributed by atoms with E-state index < -0.39 is 11.9 Å². The van der Waals surface area contributed by atoms with E-state index in [0.717, 1.165) is 6.92 Å². The molecule has 48 heavy (non-hydrogen) atoms. The van der Waals surface area contributed by atoms with Gasteiger partial charge < -0.3 is 62.5 Å². The quantitative estimate of drug-likeness (QED) is 0.138. The lowest BCUT2D eigenvalue weighted by Crippen LogP contribution is -2.17. The number of hydrogen-bond donors (Lipinski definition) is 8. The highest BCUT2D eigenvalue weighted by atomic mass is 16.5. The highest BCUT2D eigenvalue weighted by Gasteiger charge is 2.00. The predicted octanol–water partition coefficient (Wildman–Crippen LogP) is 0.909. The zero-order chi connectivity index (χ0) is 37.1. The van der Waals surface area contributed by atoms with Gasteiger partial charge in [-0.3, -0.25) is 28.8 Å². The van der Waals surface area contributed by atoms with Crippen molar-refractivity contribution in [3.63, 3.8) is 0 Å². The molecule has 0 radical (unpaired) electrons. The number of amides is 3. The van der Waals surface area contributed by atoms with Crippen LogP contribution in [-0.4, -0.2) is 113 Å². The maximum absolute atomic E-state index is 10.5. The first-order valence-electron chi connectivity index (χ1n) is 12.7. The van der Waals surface area contributed by atoms with Crippen molar-refractivity contribution in [2.45, 2.75) is 95.9 Å². The molecule has 18 nitrogen and oxygen atoms in total. The van der Waals surface area contributed by atoms with Crippen molar-refractivity contribution in [2.24, 2.45) is 17.2 Å². The molecule has 11 N–H and O–H groups in total. The van der Waals surface area contributed by atoms with E-state index in [-0.39, 0.29) is 71.3 Å². The van der Waals surface area contributed by atoms with Crippen molar-refractivity contribution in [3.8, 4) is 0 Å². The number of methoxy groups -OCH3 is 1. The van der Waals surface area contributed by atoms with Crippen LogP contribution in [0.2, 0.25) is 0 Å². The number of carboxylic acids is 2. The Morgan fingerprint density at radius 2 is 0.708 bits per heavy atom. The summed E-state index contributed by atoms with van der Waals surface area (Å²) in [6.45, 7) is 5.61. The lowest BCUT2D eigenvalue weighted by Gasteiger charge is -1.93. The Morgan fingerprint density at radius 3 is 0.771 bits per heavy atom. The molecule has 0 aromatic rings. The van der Waals surface area contributed by atoms with E-state index in [2.05, 4.69) is 37.9 Å². The third-order valence-corrected chi connectivity index (χ3v) is 3.22. The van der Waals surface area contributed by atoms with E-state index in [1.807, 2.05) is 0 Å². The maximum Gasteiger partial charge on any atom is 0.317 e. The van der Waals surface area contributed by atoms with Crippen LogP contribution in [0.25, 0.3) is 0 Å². The summed E-state index contributed by atoms with van der Waals surface area (Å²) >= 11 is 0. The third kappa shape index (κ3) is 178. The lowest BCUT2D eigenvalue weighted by atomic mass is 10.2. The number of rotatable bonds is 11. The van der Waals surface area contributed by atoms with E-state index in [0.29, 0.717) is 45.0 Å². The Bertz CT molecular complexity index is 691. The van der Waals surface area contributed by atoms with Gasteiger partial charge in [0.15, 0.2) is 0 Å². The molecule has 0 aromatic heterocycles. The Morgan fingerprint density at radius 1 is 0.562 bits per heavy atom. The number of carboxylic acid groups (broad SMARTS) is 2. The number of nitrogens with two attached hydrogens (primary N) is 3. The summed E-state index contributed by atoms with van der Waals surface area (Å²) in [5.41, 5.74) is 13.6. The Hall–Kier alpha value is -4.29. The summed E-state index contributed by atoms with van der Waals surface area (Å²) in [5, 5.41) is 22.3. The second-order valence-electron chi connectivity index (χ2n) is 7.07. The number of carbonyl (C=O) groups excluding carboxylic acids is 7. The number of nitrogens with one attached hydrogen (secondary N) is 3. The van der Waals surface area contributed by atoms with E-state index in [1.165, 1.54) is 42.0 Å². The summed E-state index contributed by atoms with van der Waals surface area (Å²) < 4.78 is 3.86. The summed E-state index contributed by atoms with van der Waals surface area (Å²) in [7, 11) is 8.99. The van der Waals surface area contributed by atoms with Crippen LogP contribution in [0.3, 0.4) is 0 Å². The molecule has 18 heteroatoms. The molecule has 0 heterocycles. The van der Waals surface area contributed by atoms with E-state index in [9.17, 15) is 33.6 Å². The molecule has 3 amide bonds. The second kappa shape index (κ2) is 73.9. The fourth-order valence-corrected chi connectivity index (χ4v) is 1.24. The number of ether oxygens (including phenoxy) is 1. The van der Waals surface area contributed by atoms with Gasteiger partial charge in [-0.1, -0.05) is 29.7 Å². The molecular formula is C30H72N6O12. The maximum atomic E-state index is 10.5. The van der Waals surface area contributed by atoms with Crippen LogP contribution in [-0.2, 0) is 47.9 Å². The highest BCUT2D eigenvalue weighted by Crippen LogP contribution is 1.89. The third-order valence-electron chi connectivity index (χ3n) is 3.22. The van der Waals surface area contributed by atoms with E-state index in [1.54, 1.807) is 21.1 Å². The van der Waals surface area contributed by atoms with Gasteiger partial charge in [-0.05, 0) is 34.9 Å². The lowest BCUT2D eigenvalue weighted by molar-refractivity contribution is -0.136. The van der Waals surface area contributed by atoms with Crippen LogP contribution >= 0.6 is 0 Å². The van der Waals surface area contributed by atoms with E-state index in [4.69, 9.17) is 19.8 Å². The molecule has 0 fully saturated rings. The molecule has 0 saturated heterocycles. The fraction of sp³-hybridized carbons (Fsp3) is 0.700. The molecule has 0 aromatic carbocycles. The predicted molar refractivity (Wildman–Crippen MR) is 192 cm³/mol. The SMILES string of the molecule is C.C.C.C.CC(=O)O.CN.CN.CNC(=O)CCC(C)=O.CNC(=O)CCC(C)=O.CNC(=O)CCC(C)=O.COC=O.NCC(=O)O. The zero-order valence-corrected chi connectivity index (χ0v) is 27.7. The van der Waals surface area contributed by atoms with Crippen LogP contribution < -0.4 is 33.2 Å². The summed E-state index contributed by atoms with van der Waals surface area (Å²) in [4.78, 5) is 89.4. The molecule has 294 valence electrons. The standard InChI is InChI=1S/3C6H11NO2.C2H5NO2.2C2H4O2.2CH5N.4CH4/c3*1-5(8)3-4-6(9)7-2;3-1-2(4)5;1-4-2-3;1-2(3)4;2*1-2;;;;/h3*3-4H2,1-2H3,(H,7,9);1,3H2,(H,4,5);2H,1H3;1H3,(H,3,4);2*2H2,1H3;4*1H4. The number of hydrogen-bond acceptors (Lipinski definition) is 13. The van der Waals surface area contributed by atoms with Gasteiger partial charge >= 0.3 is 5.97 Å². The van der Waals surface area contributed by atoms with Crippen molar-refractivity contribution in [1.29, 1.82) is 0 Å². The molecule has 0 aliphatic heterocycles. The van der Waals surface area contributed by atoms with Gasteiger partial charge in [0.25, 0.3) is 12.4 Å². The van der Waals surface area contributed by atoms with Gasteiger partial charge in [-0.15, -0.1) is 0 Å². The average Bonchev–Trinajstić information content (AvgIpc) is 2.99. The summed E-state index contributed by atoms with van der Waals surface area (Å²) in [6, 6.07) is 0. The minimum absolute atomic E-state index is 0. The Kier molecular flexibility index (Phi) is 122. The molecule has 0 aliphatic rings. The van der Waals surface area contributed by atoms with Crippen molar-refractivity contribution in [1.82, 2.24) is 16.0 Å². The highest BCUT2D eigenvalue weighted by molar-refractivity contribution is 5.84. The summed E-state index contributed by atoms with van der Waals surface area (Å²) in [5.74, 6) is -1.87. The van der Waals surface area contributed by atoms with Gasteiger partial charge in [-0.25, -0.2) is 0 Å². The molecule has 0 atom stereocenters. The Labute approximate surface area is 289 Å². The Balaban J connectivity index is -0.0000000320. The van der Waals surface area contributed by atoms with E-state index >= 15 is 0 Å². The smallest absolute Gasteiger partial charge is 0.317 e. The minimum Gasteiger partial charge on any atom is -0.481 e. The molecular weight excluding hydrogens is 636 g/mol. The second-order valence-corrected chi connectivity index (χ2v) is 7.07. The number of carbonyl (C=O) groups is 9. The van der Waals surface area contributed by atoms with Crippen molar-refractivity contribution in [2.75, 3.05) is 48.9 Å². The van der Waals surface area contributed by atoms with Gasteiger partial charge in [-0.2, -0.15) is 0 Å². The van der Waals surface area contributed by atoms with Crippen LogP contribution in [0.4, 0.5) is 0 Å². The number of Topliss-reactive ketones (excluding diaryl/α,β-unsaturated/α-hetero) is 3. The molecule has 0 spiro atoms. The van der Waals surface area contributed by atoms with Crippen LogP contribution in [0.5, 0.6) is 0 Å². The monoisotopic (exact) mass is 709 g/mol. The topological polar surface area (TPSA) is 317 Å². The number of aliphatic carboxylic acids is 2. The average molecular weight is 709 g/mol. The number of ketones is 3.